The monoisotopic (exact) mass is 317 g/mol. The Balaban J connectivity index is 1.60. The van der Waals surface area contributed by atoms with E-state index in [9.17, 15) is 14.3 Å². The van der Waals surface area contributed by atoms with Gasteiger partial charge in [0.25, 0.3) is 5.91 Å². The van der Waals surface area contributed by atoms with Crippen LogP contribution in [-0.2, 0) is 4.79 Å². The van der Waals surface area contributed by atoms with Gasteiger partial charge in [-0.15, -0.1) is 0 Å². The summed E-state index contributed by atoms with van der Waals surface area (Å²) in [5.41, 5.74) is 0.574. The van der Waals surface area contributed by atoms with Gasteiger partial charge in [-0.3, -0.25) is 4.79 Å². The number of carbonyl (C=O) groups is 1. The lowest BCUT2D eigenvalue weighted by atomic mass is 10.1. The van der Waals surface area contributed by atoms with E-state index in [4.69, 9.17) is 4.74 Å². The lowest BCUT2D eigenvalue weighted by Crippen LogP contribution is -2.30. The van der Waals surface area contributed by atoms with Crippen LogP contribution in [0.3, 0.4) is 0 Å². The van der Waals surface area contributed by atoms with Gasteiger partial charge in [-0.2, -0.15) is 0 Å². The summed E-state index contributed by atoms with van der Waals surface area (Å²) in [6.45, 7) is 0.957. The van der Waals surface area contributed by atoms with Gasteiger partial charge in [0.05, 0.1) is 6.61 Å². The van der Waals surface area contributed by atoms with E-state index in [0.29, 0.717) is 24.5 Å². The molecule has 1 atom stereocenters. The second-order valence-corrected chi connectivity index (χ2v) is 5.11. The van der Waals surface area contributed by atoms with Crippen LogP contribution < -0.4 is 10.1 Å². The van der Waals surface area contributed by atoms with Crippen molar-refractivity contribution < 1.29 is 19.0 Å². The standard InChI is InChI=1S/C18H20FNO3/c19-15-8-10-16(11-9-15)23-13-5-4-12-20-18(22)17(21)14-6-2-1-3-7-14/h1-3,6-11,17,21H,4-5,12-13H2,(H,20,22). The fourth-order valence-corrected chi connectivity index (χ4v) is 2.04. The second kappa shape index (κ2) is 8.90. The molecule has 4 nitrogen and oxygen atoms in total. The highest BCUT2D eigenvalue weighted by molar-refractivity contribution is 5.81. The van der Waals surface area contributed by atoms with Crippen molar-refractivity contribution >= 4 is 5.91 Å². The predicted octanol–water partition coefficient (Wildman–Crippen LogP) is 2.83. The number of carbonyl (C=O) groups excluding carboxylic acids is 1. The van der Waals surface area contributed by atoms with E-state index in [1.54, 1.807) is 36.4 Å². The molecule has 0 radical (unpaired) electrons. The van der Waals surface area contributed by atoms with Gasteiger partial charge >= 0.3 is 0 Å². The molecular weight excluding hydrogens is 297 g/mol. The summed E-state index contributed by atoms with van der Waals surface area (Å²) >= 11 is 0. The molecule has 0 saturated carbocycles. The van der Waals surface area contributed by atoms with Gasteiger partial charge in [0.2, 0.25) is 0 Å². The van der Waals surface area contributed by atoms with Gasteiger partial charge in [0.1, 0.15) is 11.6 Å². The molecule has 2 N–H and O–H groups in total. The quantitative estimate of drug-likeness (QED) is 0.736. The van der Waals surface area contributed by atoms with E-state index in [-0.39, 0.29) is 5.82 Å². The van der Waals surface area contributed by atoms with E-state index in [0.717, 1.165) is 12.8 Å². The first-order chi connectivity index (χ1) is 11.2. The van der Waals surface area contributed by atoms with Crippen LogP contribution in [0, 0.1) is 5.82 Å². The predicted molar refractivity (Wildman–Crippen MR) is 85.5 cm³/mol. The number of halogens is 1. The number of hydrogen-bond donors (Lipinski definition) is 2. The molecule has 0 aliphatic rings. The average molecular weight is 317 g/mol. The van der Waals surface area contributed by atoms with Crippen LogP contribution in [0.15, 0.2) is 54.6 Å². The van der Waals surface area contributed by atoms with E-state index >= 15 is 0 Å². The number of ether oxygens (including phenoxy) is 1. The molecule has 0 heterocycles. The molecule has 23 heavy (non-hydrogen) atoms. The zero-order valence-corrected chi connectivity index (χ0v) is 12.7. The minimum absolute atomic E-state index is 0.294. The molecule has 2 aromatic rings. The summed E-state index contributed by atoms with van der Waals surface area (Å²) in [6, 6.07) is 14.6. The summed E-state index contributed by atoms with van der Waals surface area (Å²) in [7, 11) is 0. The topological polar surface area (TPSA) is 58.6 Å². The summed E-state index contributed by atoms with van der Waals surface area (Å²) < 4.78 is 18.2. The molecule has 1 unspecified atom stereocenters. The van der Waals surface area contributed by atoms with Crippen molar-refractivity contribution in [3.63, 3.8) is 0 Å². The highest BCUT2D eigenvalue weighted by Gasteiger charge is 2.15. The molecule has 0 aromatic heterocycles. The molecule has 0 fully saturated rings. The minimum Gasteiger partial charge on any atom is -0.494 e. The first kappa shape index (κ1) is 17.0. The number of benzene rings is 2. The summed E-state index contributed by atoms with van der Waals surface area (Å²) in [4.78, 5) is 11.8. The van der Waals surface area contributed by atoms with Crippen molar-refractivity contribution in [1.82, 2.24) is 5.32 Å². The highest BCUT2D eigenvalue weighted by Crippen LogP contribution is 2.12. The summed E-state index contributed by atoms with van der Waals surface area (Å²) in [6.07, 6.45) is 0.333. The van der Waals surface area contributed by atoms with Crippen LogP contribution in [0.4, 0.5) is 4.39 Å². The van der Waals surface area contributed by atoms with Gasteiger partial charge in [-0.1, -0.05) is 30.3 Å². The van der Waals surface area contributed by atoms with Gasteiger partial charge < -0.3 is 15.2 Å². The highest BCUT2D eigenvalue weighted by atomic mass is 19.1. The average Bonchev–Trinajstić information content (AvgIpc) is 2.59. The molecular formula is C18H20FNO3. The third kappa shape index (κ3) is 5.71. The Hall–Kier alpha value is -2.40. The zero-order chi connectivity index (χ0) is 16.5. The Kier molecular flexibility index (Phi) is 6.56. The lowest BCUT2D eigenvalue weighted by Gasteiger charge is -2.11. The lowest BCUT2D eigenvalue weighted by molar-refractivity contribution is -0.129. The molecule has 0 saturated heterocycles. The first-order valence-electron chi connectivity index (χ1n) is 7.56. The number of rotatable bonds is 8. The number of hydrogen-bond acceptors (Lipinski definition) is 3. The molecule has 0 bridgehead atoms. The Labute approximate surface area is 134 Å². The maximum absolute atomic E-state index is 12.7. The van der Waals surface area contributed by atoms with Crippen molar-refractivity contribution in [3.8, 4) is 5.75 Å². The van der Waals surface area contributed by atoms with E-state index < -0.39 is 12.0 Å². The van der Waals surface area contributed by atoms with Gasteiger partial charge in [-0.25, -0.2) is 4.39 Å². The Morgan fingerprint density at radius 3 is 2.48 bits per heavy atom. The zero-order valence-electron chi connectivity index (χ0n) is 12.7. The molecule has 2 rings (SSSR count). The number of aliphatic hydroxyl groups is 1. The SMILES string of the molecule is O=C(NCCCCOc1ccc(F)cc1)C(O)c1ccccc1. The maximum Gasteiger partial charge on any atom is 0.253 e. The van der Waals surface area contributed by atoms with Crippen molar-refractivity contribution in [2.45, 2.75) is 18.9 Å². The van der Waals surface area contributed by atoms with E-state index in [2.05, 4.69) is 5.32 Å². The number of unbranched alkanes of at least 4 members (excludes halogenated alkanes) is 1. The maximum atomic E-state index is 12.7. The molecule has 122 valence electrons. The molecule has 0 aliphatic heterocycles. The Bertz CT molecular complexity index is 601. The summed E-state index contributed by atoms with van der Waals surface area (Å²) in [5.74, 6) is -0.0809. The van der Waals surface area contributed by atoms with Crippen molar-refractivity contribution in [2.75, 3.05) is 13.2 Å². The number of nitrogens with one attached hydrogen (secondary N) is 1. The first-order valence-corrected chi connectivity index (χ1v) is 7.56. The molecule has 0 aliphatic carbocycles. The van der Waals surface area contributed by atoms with Crippen LogP contribution in [0.25, 0.3) is 0 Å². The normalized spacial score (nSPS) is 11.7. The smallest absolute Gasteiger partial charge is 0.253 e. The second-order valence-electron chi connectivity index (χ2n) is 5.11. The van der Waals surface area contributed by atoms with Crippen molar-refractivity contribution in [2.24, 2.45) is 0 Å². The van der Waals surface area contributed by atoms with Crippen LogP contribution in [-0.4, -0.2) is 24.2 Å². The fraction of sp³-hybridized carbons (Fsp3) is 0.278. The van der Waals surface area contributed by atoms with E-state index in [1.165, 1.54) is 12.1 Å². The van der Waals surface area contributed by atoms with Crippen LogP contribution in [0.1, 0.15) is 24.5 Å². The van der Waals surface area contributed by atoms with Crippen LogP contribution >= 0.6 is 0 Å². The Morgan fingerprint density at radius 2 is 1.78 bits per heavy atom. The summed E-state index contributed by atoms with van der Waals surface area (Å²) in [5, 5.41) is 12.6. The van der Waals surface area contributed by atoms with Gasteiger partial charge in [0.15, 0.2) is 6.10 Å². The van der Waals surface area contributed by atoms with E-state index in [1.807, 2.05) is 6.07 Å². The van der Waals surface area contributed by atoms with Gasteiger partial charge in [0, 0.05) is 6.54 Å². The van der Waals surface area contributed by atoms with Crippen molar-refractivity contribution in [1.29, 1.82) is 0 Å². The van der Waals surface area contributed by atoms with Crippen LogP contribution in [0.5, 0.6) is 5.75 Å². The molecule has 0 spiro atoms. The molecule has 1 amide bonds. The molecule has 5 heteroatoms. The molecule has 2 aromatic carbocycles. The fourth-order valence-electron chi connectivity index (χ4n) is 2.04. The third-order valence-corrected chi connectivity index (χ3v) is 3.32. The van der Waals surface area contributed by atoms with Gasteiger partial charge in [-0.05, 0) is 42.7 Å². The van der Waals surface area contributed by atoms with Crippen LogP contribution in [0.2, 0.25) is 0 Å². The third-order valence-electron chi connectivity index (χ3n) is 3.32. The number of amides is 1. The number of aliphatic hydroxyl groups excluding tert-OH is 1. The van der Waals surface area contributed by atoms with Crippen molar-refractivity contribution in [3.05, 3.63) is 66.0 Å². The Morgan fingerprint density at radius 1 is 1.09 bits per heavy atom. The largest absolute Gasteiger partial charge is 0.494 e. The minimum atomic E-state index is -1.15.